The molecule has 0 radical (unpaired) electrons. The number of ether oxygens (including phenoxy) is 2. The Balaban J connectivity index is 1.65. The molecule has 5 heteroatoms. The van der Waals surface area contributed by atoms with E-state index in [1.165, 1.54) is 6.42 Å². The molecule has 0 bridgehead atoms. The Morgan fingerprint density at radius 3 is 2.71 bits per heavy atom. The number of carbonyl (C=O) groups excluding carboxylic acids is 1. The predicted octanol–water partition coefficient (Wildman–Crippen LogP) is 4.97. The molecule has 28 heavy (non-hydrogen) atoms. The van der Waals surface area contributed by atoms with E-state index in [4.69, 9.17) is 9.47 Å². The molecular formula is C23H26N2O3. The Hall–Kier alpha value is -2.82. The Bertz CT molecular complexity index is 857. The van der Waals surface area contributed by atoms with Crippen molar-refractivity contribution in [3.8, 4) is 11.5 Å². The zero-order valence-electron chi connectivity index (χ0n) is 16.3. The lowest BCUT2D eigenvalue weighted by molar-refractivity contribution is -0.115. The minimum Gasteiger partial charge on any atom is -0.454 e. The van der Waals surface area contributed by atoms with Gasteiger partial charge in [-0.1, -0.05) is 38.3 Å². The average molecular weight is 378 g/mol. The first-order valence-corrected chi connectivity index (χ1v) is 10.1. The zero-order valence-corrected chi connectivity index (χ0v) is 16.3. The summed E-state index contributed by atoms with van der Waals surface area (Å²) in [5.74, 6) is 2.26. The van der Waals surface area contributed by atoms with Crippen molar-refractivity contribution in [1.82, 2.24) is 4.98 Å². The first kappa shape index (κ1) is 18.5. The van der Waals surface area contributed by atoms with Crippen molar-refractivity contribution in [1.29, 1.82) is 0 Å². The third-order valence-electron chi connectivity index (χ3n) is 5.45. The van der Waals surface area contributed by atoms with Gasteiger partial charge in [-0.15, -0.1) is 0 Å². The molecular weight excluding hydrogens is 352 g/mol. The highest BCUT2D eigenvalue weighted by Crippen LogP contribution is 2.34. The minimum atomic E-state index is 0.0470. The number of fused-ring (bicyclic) bond motifs is 1. The van der Waals surface area contributed by atoms with Crippen molar-refractivity contribution < 1.29 is 14.3 Å². The maximum Gasteiger partial charge on any atom is 0.255 e. The summed E-state index contributed by atoms with van der Waals surface area (Å²) in [5.41, 5.74) is 1.72. The third-order valence-corrected chi connectivity index (χ3v) is 5.45. The van der Waals surface area contributed by atoms with Crippen molar-refractivity contribution in [2.45, 2.75) is 51.5 Å². The lowest BCUT2D eigenvalue weighted by Crippen LogP contribution is -2.42. The second-order valence-electron chi connectivity index (χ2n) is 7.29. The summed E-state index contributed by atoms with van der Waals surface area (Å²) in [5, 5.41) is 0. The van der Waals surface area contributed by atoms with Crippen molar-refractivity contribution in [2.75, 3.05) is 11.7 Å². The summed E-state index contributed by atoms with van der Waals surface area (Å²) in [6.45, 7) is 2.27. The fourth-order valence-electron chi connectivity index (χ4n) is 3.97. The summed E-state index contributed by atoms with van der Waals surface area (Å²) < 4.78 is 10.9. The quantitative estimate of drug-likeness (QED) is 0.689. The molecule has 2 heterocycles. The summed E-state index contributed by atoms with van der Waals surface area (Å²) in [6.07, 6.45) is 10.0. The molecule has 2 aliphatic rings. The molecule has 5 nitrogen and oxygen atoms in total. The van der Waals surface area contributed by atoms with Gasteiger partial charge in [0.15, 0.2) is 11.5 Å². The van der Waals surface area contributed by atoms with Crippen molar-refractivity contribution in [3.05, 3.63) is 53.7 Å². The molecule has 1 aliphatic carbocycles. The van der Waals surface area contributed by atoms with Crippen LogP contribution in [-0.2, 0) is 4.79 Å². The van der Waals surface area contributed by atoms with Crippen molar-refractivity contribution in [3.63, 3.8) is 0 Å². The Morgan fingerprint density at radius 2 is 1.96 bits per heavy atom. The number of amides is 1. The van der Waals surface area contributed by atoms with Crippen molar-refractivity contribution in [2.24, 2.45) is 0 Å². The number of hydrogen-bond donors (Lipinski definition) is 0. The van der Waals surface area contributed by atoms with E-state index in [9.17, 15) is 4.79 Å². The largest absolute Gasteiger partial charge is 0.454 e. The molecule has 0 N–H and O–H groups in total. The van der Waals surface area contributed by atoms with E-state index in [-0.39, 0.29) is 18.7 Å². The molecule has 0 saturated heterocycles. The van der Waals surface area contributed by atoms with Crippen LogP contribution in [0.1, 0.15) is 51.0 Å². The summed E-state index contributed by atoms with van der Waals surface area (Å²) >= 11 is 0. The maximum atomic E-state index is 13.6. The molecule has 0 atom stereocenters. The minimum absolute atomic E-state index is 0.0470. The van der Waals surface area contributed by atoms with Gasteiger partial charge in [0.25, 0.3) is 5.91 Å². The van der Waals surface area contributed by atoms with E-state index in [1.807, 2.05) is 54.3 Å². The van der Waals surface area contributed by atoms with E-state index in [0.717, 1.165) is 54.1 Å². The Labute approximate surface area is 166 Å². The van der Waals surface area contributed by atoms with Crippen LogP contribution in [0.2, 0.25) is 0 Å². The first-order valence-electron chi connectivity index (χ1n) is 10.1. The number of rotatable bonds is 5. The van der Waals surface area contributed by atoms with Gasteiger partial charge in [-0.3, -0.25) is 9.69 Å². The van der Waals surface area contributed by atoms with Gasteiger partial charge in [-0.2, -0.15) is 0 Å². The standard InChI is InChI=1S/C23H26N2O3/c1-2-18(14-17-11-12-20-21(15-17)28-16-27-20)23(26)25(19-8-4-3-5-9-19)22-10-6-7-13-24-22/h6-7,10-15,19H,2-5,8-9,16H2,1H3. The van der Waals surface area contributed by atoms with Crippen LogP contribution in [0.3, 0.4) is 0 Å². The Morgan fingerprint density at radius 1 is 1.14 bits per heavy atom. The molecule has 1 saturated carbocycles. The predicted molar refractivity (Wildman–Crippen MR) is 109 cm³/mol. The molecule has 4 rings (SSSR count). The number of benzene rings is 1. The molecule has 1 amide bonds. The van der Waals surface area contributed by atoms with Crippen LogP contribution in [0.5, 0.6) is 11.5 Å². The average Bonchev–Trinajstić information content (AvgIpc) is 3.21. The second-order valence-corrected chi connectivity index (χ2v) is 7.29. The van der Waals surface area contributed by atoms with E-state index in [0.29, 0.717) is 6.42 Å². The van der Waals surface area contributed by atoms with E-state index >= 15 is 0 Å². The van der Waals surface area contributed by atoms with Crippen molar-refractivity contribution >= 4 is 17.8 Å². The maximum absolute atomic E-state index is 13.6. The van der Waals surface area contributed by atoms with Gasteiger partial charge in [0.1, 0.15) is 5.82 Å². The van der Waals surface area contributed by atoms with Crippen LogP contribution >= 0.6 is 0 Å². The fraction of sp³-hybridized carbons (Fsp3) is 0.391. The third kappa shape index (κ3) is 3.88. The SMILES string of the molecule is CCC(=Cc1ccc2c(c1)OCO2)C(=O)N(c1ccccn1)C1CCCCC1. The normalized spacial score (nSPS) is 16.8. The lowest BCUT2D eigenvalue weighted by Gasteiger charge is -2.34. The van der Waals surface area contributed by atoms with Crippen LogP contribution in [0.25, 0.3) is 6.08 Å². The highest BCUT2D eigenvalue weighted by atomic mass is 16.7. The van der Waals surface area contributed by atoms with Gasteiger partial charge in [-0.25, -0.2) is 4.98 Å². The second kappa shape index (κ2) is 8.46. The van der Waals surface area contributed by atoms with Crippen LogP contribution in [0.15, 0.2) is 48.2 Å². The molecule has 146 valence electrons. The summed E-state index contributed by atoms with van der Waals surface area (Å²) in [7, 11) is 0. The highest BCUT2D eigenvalue weighted by molar-refractivity contribution is 6.08. The van der Waals surface area contributed by atoms with E-state index in [2.05, 4.69) is 4.98 Å². The van der Waals surface area contributed by atoms with E-state index < -0.39 is 0 Å². The fourth-order valence-corrected chi connectivity index (χ4v) is 3.97. The molecule has 1 aliphatic heterocycles. The van der Waals surface area contributed by atoms with Crippen LogP contribution in [0, 0.1) is 0 Å². The summed E-state index contributed by atoms with van der Waals surface area (Å²) in [4.78, 5) is 20.0. The number of nitrogens with zero attached hydrogens (tertiary/aromatic N) is 2. The van der Waals surface area contributed by atoms with Gasteiger partial charge < -0.3 is 9.47 Å². The number of pyridine rings is 1. The van der Waals surface area contributed by atoms with E-state index in [1.54, 1.807) is 6.20 Å². The molecule has 2 aromatic rings. The Kier molecular flexibility index (Phi) is 5.60. The van der Waals surface area contributed by atoms with Gasteiger partial charge in [-0.05, 0) is 55.2 Å². The first-order chi connectivity index (χ1) is 13.8. The molecule has 0 spiro atoms. The van der Waals surface area contributed by atoms with Crippen LogP contribution in [0.4, 0.5) is 5.82 Å². The number of anilines is 1. The molecule has 1 aromatic carbocycles. The van der Waals surface area contributed by atoms with Gasteiger partial charge >= 0.3 is 0 Å². The molecule has 1 aromatic heterocycles. The van der Waals surface area contributed by atoms with Gasteiger partial charge in [0, 0.05) is 17.8 Å². The number of aromatic nitrogens is 1. The monoisotopic (exact) mass is 378 g/mol. The van der Waals surface area contributed by atoms with Crippen LogP contribution in [-0.4, -0.2) is 23.7 Å². The van der Waals surface area contributed by atoms with Gasteiger partial charge in [0.2, 0.25) is 6.79 Å². The number of carbonyl (C=O) groups is 1. The topological polar surface area (TPSA) is 51.7 Å². The molecule has 1 fully saturated rings. The highest BCUT2D eigenvalue weighted by Gasteiger charge is 2.29. The zero-order chi connectivity index (χ0) is 19.3. The van der Waals surface area contributed by atoms with Gasteiger partial charge in [0.05, 0.1) is 0 Å². The summed E-state index contributed by atoms with van der Waals surface area (Å²) in [6, 6.07) is 11.8. The smallest absolute Gasteiger partial charge is 0.255 e. The number of hydrogen-bond acceptors (Lipinski definition) is 4. The lowest BCUT2D eigenvalue weighted by atomic mass is 9.93. The molecule has 0 unspecified atom stereocenters. The van der Waals surface area contributed by atoms with Crippen LogP contribution < -0.4 is 14.4 Å².